The smallest absolute Gasteiger partial charge is 0.0431 e. The Kier molecular flexibility index (Phi) is 5.01. The third-order valence-electron chi connectivity index (χ3n) is 2.99. The van der Waals surface area contributed by atoms with Crippen LogP contribution in [0.1, 0.15) is 44.7 Å². The number of hydrogen-bond donors (Lipinski definition) is 2. The summed E-state index contributed by atoms with van der Waals surface area (Å²) in [5.41, 5.74) is 4.08. The molecule has 0 aliphatic heterocycles. The van der Waals surface area contributed by atoms with Crippen LogP contribution in [0, 0.1) is 6.92 Å². The Balaban J connectivity index is 2.64. The molecular formula is C15H25NO. The van der Waals surface area contributed by atoms with Gasteiger partial charge in [0.1, 0.15) is 0 Å². The number of nitrogens with one attached hydrogen (secondary N) is 1. The van der Waals surface area contributed by atoms with Crippen molar-refractivity contribution in [3.63, 3.8) is 0 Å². The van der Waals surface area contributed by atoms with E-state index >= 15 is 0 Å². The minimum Gasteiger partial charge on any atom is -0.396 e. The highest BCUT2D eigenvalue weighted by Gasteiger charge is 2.14. The lowest BCUT2D eigenvalue weighted by Gasteiger charge is -2.21. The summed E-state index contributed by atoms with van der Waals surface area (Å²) >= 11 is 0. The summed E-state index contributed by atoms with van der Waals surface area (Å²) in [6.07, 6.45) is 1.88. The van der Waals surface area contributed by atoms with Crippen LogP contribution in [0.25, 0.3) is 0 Å². The standard InChI is InChI=1S/C15H25NO/c1-12-11-13(15(2,3)4)7-8-14(12)16-9-5-6-10-17/h7-8,11,16-17H,5-6,9-10H2,1-4H3. The fourth-order valence-electron chi connectivity index (χ4n) is 1.79. The van der Waals surface area contributed by atoms with Crippen LogP contribution in [0.2, 0.25) is 0 Å². The molecule has 2 N–H and O–H groups in total. The van der Waals surface area contributed by atoms with Gasteiger partial charge >= 0.3 is 0 Å². The van der Waals surface area contributed by atoms with E-state index in [-0.39, 0.29) is 12.0 Å². The molecule has 96 valence electrons. The minimum atomic E-state index is 0.209. The summed E-state index contributed by atoms with van der Waals surface area (Å²) in [5.74, 6) is 0. The van der Waals surface area contributed by atoms with Crippen molar-refractivity contribution in [1.82, 2.24) is 0 Å². The first kappa shape index (κ1) is 14.0. The second kappa shape index (κ2) is 6.06. The molecular weight excluding hydrogens is 210 g/mol. The van der Waals surface area contributed by atoms with Gasteiger partial charge in [0.15, 0.2) is 0 Å². The molecule has 2 heteroatoms. The molecule has 0 fully saturated rings. The van der Waals surface area contributed by atoms with Crippen molar-refractivity contribution in [2.45, 2.75) is 46.0 Å². The first-order chi connectivity index (χ1) is 7.95. The summed E-state index contributed by atoms with van der Waals surface area (Å²) in [6, 6.07) is 6.62. The predicted molar refractivity (Wildman–Crippen MR) is 74.7 cm³/mol. The first-order valence-electron chi connectivity index (χ1n) is 6.41. The van der Waals surface area contributed by atoms with Gasteiger partial charge < -0.3 is 10.4 Å². The minimum absolute atomic E-state index is 0.209. The molecule has 1 aromatic rings. The highest BCUT2D eigenvalue weighted by Crippen LogP contribution is 2.26. The Morgan fingerprint density at radius 1 is 1.18 bits per heavy atom. The van der Waals surface area contributed by atoms with Crippen LogP contribution < -0.4 is 5.32 Å². The second-order valence-corrected chi connectivity index (χ2v) is 5.64. The van der Waals surface area contributed by atoms with Crippen LogP contribution in [-0.2, 0) is 5.41 Å². The Morgan fingerprint density at radius 3 is 2.41 bits per heavy atom. The number of rotatable bonds is 5. The van der Waals surface area contributed by atoms with Gasteiger partial charge in [-0.25, -0.2) is 0 Å². The number of aliphatic hydroxyl groups is 1. The molecule has 0 bridgehead atoms. The summed E-state index contributed by atoms with van der Waals surface area (Å²) in [7, 11) is 0. The average molecular weight is 235 g/mol. The zero-order chi connectivity index (χ0) is 12.9. The average Bonchev–Trinajstić information content (AvgIpc) is 2.24. The molecule has 1 rings (SSSR count). The lowest BCUT2D eigenvalue weighted by molar-refractivity contribution is 0.286. The van der Waals surface area contributed by atoms with Crippen molar-refractivity contribution in [3.8, 4) is 0 Å². The molecule has 1 aromatic carbocycles. The fourth-order valence-corrected chi connectivity index (χ4v) is 1.79. The third-order valence-corrected chi connectivity index (χ3v) is 2.99. The Labute approximate surface area is 105 Å². The van der Waals surface area contributed by atoms with Crippen molar-refractivity contribution in [2.75, 3.05) is 18.5 Å². The van der Waals surface area contributed by atoms with Crippen molar-refractivity contribution >= 4 is 5.69 Å². The molecule has 0 atom stereocenters. The summed E-state index contributed by atoms with van der Waals surface area (Å²) in [5, 5.41) is 12.1. The van der Waals surface area contributed by atoms with Crippen molar-refractivity contribution in [2.24, 2.45) is 0 Å². The molecule has 0 heterocycles. The highest BCUT2D eigenvalue weighted by molar-refractivity contribution is 5.52. The maximum absolute atomic E-state index is 8.72. The molecule has 0 spiro atoms. The second-order valence-electron chi connectivity index (χ2n) is 5.64. The molecule has 0 aliphatic carbocycles. The molecule has 0 amide bonds. The fraction of sp³-hybridized carbons (Fsp3) is 0.600. The third kappa shape index (κ3) is 4.39. The highest BCUT2D eigenvalue weighted by atomic mass is 16.2. The van der Waals surface area contributed by atoms with Crippen LogP contribution in [0.15, 0.2) is 18.2 Å². The van der Waals surface area contributed by atoms with Crippen LogP contribution >= 0.6 is 0 Å². The molecule has 0 aromatic heterocycles. The first-order valence-corrected chi connectivity index (χ1v) is 6.41. The van der Waals surface area contributed by atoms with E-state index in [0.29, 0.717) is 0 Å². The Morgan fingerprint density at radius 2 is 1.88 bits per heavy atom. The summed E-state index contributed by atoms with van der Waals surface area (Å²) in [4.78, 5) is 0. The summed E-state index contributed by atoms with van der Waals surface area (Å²) < 4.78 is 0. The lowest BCUT2D eigenvalue weighted by atomic mass is 9.86. The Hall–Kier alpha value is -1.02. The van der Waals surface area contributed by atoms with Crippen LogP contribution in [-0.4, -0.2) is 18.3 Å². The quantitative estimate of drug-likeness (QED) is 0.766. The monoisotopic (exact) mass is 235 g/mol. The van der Waals surface area contributed by atoms with Gasteiger partial charge in [0, 0.05) is 18.8 Å². The lowest BCUT2D eigenvalue weighted by Crippen LogP contribution is -2.12. The summed E-state index contributed by atoms with van der Waals surface area (Å²) in [6.45, 7) is 10.0. The van der Waals surface area contributed by atoms with E-state index in [9.17, 15) is 0 Å². The van der Waals surface area contributed by atoms with Gasteiger partial charge in [-0.1, -0.05) is 32.9 Å². The van der Waals surface area contributed by atoms with Gasteiger partial charge in [-0.05, 0) is 42.4 Å². The number of aliphatic hydroxyl groups excluding tert-OH is 1. The van der Waals surface area contributed by atoms with Gasteiger partial charge in [-0.2, -0.15) is 0 Å². The van der Waals surface area contributed by atoms with E-state index in [4.69, 9.17) is 5.11 Å². The van der Waals surface area contributed by atoms with E-state index in [1.54, 1.807) is 0 Å². The zero-order valence-corrected chi connectivity index (χ0v) is 11.5. The van der Waals surface area contributed by atoms with Gasteiger partial charge in [-0.15, -0.1) is 0 Å². The van der Waals surface area contributed by atoms with Crippen LogP contribution in [0.5, 0.6) is 0 Å². The van der Waals surface area contributed by atoms with E-state index in [2.05, 4.69) is 51.2 Å². The van der Waals surface area contributed by atoms with Gasteiger partial charge in [0.05, 0.1) is 0 Å². The van der Waals surface area contributed by atoms with Crippen LogP contribution in [0.3, 0.4) is 0 Å². The molecule has 0 radical (unpaired) electrons. The number of aryl methyl sites for hydroxylation is 1. The van der Waals surface area contributed by atoms with Crippen molar-refractivity contribution < 1.29 is 5.11 Å². The molecule has 0 unspecified atom stereocenters. The van der Waals surface area contributed by atoms with E-state index in [1.807, 2.05) is 0 Å². The number of hydrogen-bond acceptors (Lipinski definition) is 2. The van der Waals surface area contributed by atoms with E-state index < -0.39 is 0 Å². The number of unbranched alkanes of at least 4 members (excludes halogenated alkanes) is 1. The van der Waals surface area contributed by atoms with Crippen LogP contribution in [0.4, 0.5) is 5.69 Å². The number of anilines is 1. The molecule has 0 saturated carbocycles. The molecule has 17 heavy (non-hydrogen) atoms. The SMILES string of the molecule is Cc1cc(C(C)(C)C)ccc1NCCCCO. The van der Waals surface area contributed by atoms with Crippen molar-refractivity contribution in [3.05, 3.63) is 29.3 Å². The maximum Gasteiger partial charge on any atom is 0.0431 e. The van der Waals surface area contributed by atoms with E-state index in [1.165, 1.54) is 16.8 Å². The molecule has 0 saturated heterocycles. The van der Waals surface area contributed by atoms with E-state index in [0.717, 1.165) is 19.4 Å². The van der Waals surface area contributed by atoms with Crippen molar-refractivity contribution in [1.29, 1.82) is 0 Å². The molecule has 2 nitrogen and oxygen atoms in total. The maximum atomic E-state index is 8.72. The normalized spacial score (nSPS) is 11.6. The van der Waals surface area contributed by atoms with Gasteiger partial charge in [0.2, 0.25) is 0 Å². The largest absolute Gasteiger partial charge is 0.396 e. The predicted octanol–water partition coefficient (Wildman–Crippen LogP) is 3.48. The Bertz CT molecular complexity index is 352. The zero-order valence-electron chi connectivity index (χ0n) is 11.5. The van der Waals surface area contributed by atoms with Gasteiger partial charge in [-0.3, -0.25) is 0 Å². The number of benzene rings is 1. The molecule has 0 aliphatic rings. The van der Waals surface area contributed by atoms with Gasteiger partial charge in [0.25, 0.3) is 0 Å². The topological polar surface area (TPSA) is 32.3 Å².